The van der Waals surface area contributed by atoms with E-state index in [1.165, 1.54) is 0 Å². The van der Waals surface area contributed by atoms with Crippen LogP contribution in [0.3, 0.4) is 0 Å². The van der Waals surface area contributed by atoms with Gasteiger partial charge in [-0.1, -0.05) is 48.5 Å². The fraction of sp³-hybridized carbons (Fsp3) is 0.0357. The third kappa shape index (κ3) is 5.02. The second kappa shape index (κ2) is 9.42. The summed E-state index contributed by atoms with van der Waals surface area (Å²) in [4.78, 5) is 21.7. The van der Waals surface area contributed by atoms with E-state index in [4.69, 9.17) is 0 Å². The number of hydrogen-bond donors (Lipinski definition) is 3. The Morgan fingerprint density at radius 2 is 1.32 bits per heavy atom. The third-order valence-corrected chi connectivity index (χ3v) is 5.31. The Bertz CT molecular complexity index is 1450. The Balaban J connectivity index is 1.26. The normalized spacial score (nSPS) is 10.6. The Morgan fingerprint density at radius 1 is 0.647 bits per heavy atom. The molecule has 3 N–H and O–H groups in total. The highest BCUT2D eigenvalue weighted by molar-refractivity contribution is 6.06. The van der Waals surface area contributed by atoms with Crippen molar-refractivity contribution in [3.8, 4) is 0 Å². The number of benzene rings is 4. The molecular formula is C28H23N5O. The third-order valence-electron chi connectivity index (χ3n) is 5.31. The minimum absolute atomic E-state index is 0.148. The molecule has 34 heavy (non-hydrogen) atoms. The summed E-state index contributed by atoms with van der Waals surface area (Å²) in [5, 5.41) is 11.6. The number of carbonyl (C=O) groups excluding carboxylic acids is 1. The van der Waals surface area contributed by atoms with Gasteiger partial charge in [0, 0.05) is 34.4 Å². The summed E-state index contributed by atoms with van der Waals surface area (Å²) in [6.07, 6.45) is 0. The number of rotatable bonds is 6. The molecule has 5 rings (SSSR count). The highest BCUT2D eigenvalue weighted by atomic mass is 16.1. The van der Waals surface area contributed by atoms with Crippen molar-refractivity contribution in [2.45, 2.75) is 6.92 Å². The van der Waals surface area contributed by atoms with Crippen molar-refractivity contribution in [1.29, 1.82) is 0 Å². The molecule has 6 heteroatoms. The number of carbonyl (C=O) groups is 1. The van der Waals surface area contributed by atoms with Crippen LogP contribution in [0, 0.1) is 6.92 Å². The number of aryl methyl sites for hydroxylation is 1. The predicted octanol–water partition coefficient (Wildman–Crippen LogP) is 6.68. The van der Waals surface area contributed by atoms with Gasteiger partial charge in [-0.25, -0.2) is 4.98 Å². The van der Waals surface area contributed by atoms with Crippen LogP contribution < -0.4 is 16.0 Å². The standard InChI is InChI=1S/C28H23N5O/c1-19-17-26(30-23-9-3-2-4-10-23)33-28(29-19)32-25-15-13-24(14-16-25)31-27(34)22-12-11-20-7-5-6-8-21(20)18-22/h2-18H,1H3,(H,31,34)(H2,29,30,32,33). The molecule has 1 heterocycles. The van der Waals surface area contributed by atoms with E-state index in [9.17, 15) is 4.79 Å². The number of amides is 1. The molecule has 0 fully saturated rings. The second-order valence-corrected chi connectivity index (χ2v) is 7.93. The van der Waals surface area contributed by atoms with E-state index in [2.05, 4.69) is 25.9 Å². The van der Waals surface area contributed by atoms with Gasteiger partial charge < -0.3 is 16.0 Å². The Morgan fingerprint density at radius 3 is 2.12 bits per heavy atom. The molecule has 166 valence electrons. The molecule has 0 saturated heterocycles. The highest BCUT2D eigenvalue weighted by Crippen LogP contribution is 2.21. The monoisotopic (exact) mass is 445 g/mol. The van der Waals surface area contributed by atoms with Gasteiger partial charge in [0.1, 0.15) is 5.82 Å². The molecule has 0 atom stereocenters. The zero-order chi connectivity index (χ0) is 23.3. The van der Waals surface area contributed by atoms with Crippen LogP contribution in [0.15, 0.2) is 103 Å². The summed E-state index contributed by atoms with van der Waals surface area (Å²) in [5.74, 6) is 1.05. The molecule has 0 saturated carbocycles. The largest absolute Gasteiger partial charge is 0.340 e. The molecule has 1 amide bonds. The SMILES string of the molecule is Cc1cc(Nc2ccccc2)nc(Nc2ccc(NC(=O)c3ccc4ccccc4c3)cc2)n1. The van der Waals surface area contributed by atoms with Crippen molar-refractivity contribution in [3.05, 3.63) is 114 Å². The van der Waals surface area contributed by atoms with Gasteiger partial charge in [-0.2, -0.15) is 4.98 Å². The number of nitrogens with one attached hydrogen (secondary N) is 3. The summed E-state index contributed by atoms with van der Waals surface area (Å²) in [6, 6.07) is 32.9. The molecule has 0 radical (unpaired) electrons. The summed E-state index contributed by atoms with van der Waals surface area (Å²) < 4.78 is 0. The first-order valence-corrected chi connectivity index (χ1v) is 11.0. The van der Waals surface area contributed by atoms with Crippen molar-refractivity contribution in [2.75, 3.05) is 16.0 Å². The number of fused-ring (bicyclic) bond motifs is 1. The maximum Gasteiger partial charge on any atom is 0.255 e. The number of aromatic nitrogens is 2. The van der Waals surface area contributed by atoms with Crippen LogP contribution in [0.5, 0.6) is 0 Å². The maximum absolute atomic E-state index is 12.7. The molecule has 0 spiro atoms. The maximum atomic E-state index is 12.7. The predicted molar refractivity (Wildman–Crippen MR) is 138 cm³/mol. The lowest BCUT2D eigenvalue weighted by molar-refractivity contribution is 0.102. The number of hydrogen-bond acceptors (Lipinski definition) is 5. The molecule has 1 aromatic heterocycles. The quantitative estimate of drug-likeness (QED) is 0.272. The van der Waals surface area contributed by atoms with Crippen LogP contribution in [-0.2, 0) is 0 Å². The van der Waals surface area contributed by atoms with Gasteiger partial charge in [0.05, 0.1) is 0 Å². The zero-order valence-electron chi connectivity index (χ0n) is 18.6. The molecule has 0 bridgehead atoms. The van der Waals surface area contributed by atoms with Crippen LogP contribution in [0.2, 0.25) is 0 Å². The smallest absolute Gasteiger partial charge is 0.255 e. The average molecular weight is 446 g/mol. The van der Waals surface area contributed by atoms with E-state index in [1.54, 1.807) is 0 Å². The average Bonchev–Trinajstić information content (AvgIpc) is 2.85. The van der Waals surface area contributed by atoms with Gasteiger partial charge in [-0.15, -0.1) is 0 Å². The summed E-state index contributed by atoms with van der Waals surface area (Å²) >= 11 is 0. The molecule has 6 nitrogen and oxygen atoms in total. The van der Waals surface area contributed by atoms with Gasteiger partial charge in [0.25, 0.3) is 5.91 Å². The van der Waals surface area contributed by atoms with E-state index in [1.807, 2.05) is 110 Å². The van der Waals surface area contributed by atoms with Crippen molar-refractivity contribution in [2.24, 2.45) is 0 Å². The van der Waals surface area contributed by atoms with Crippen molar-refractivity contribution >= 4 is 45.5 Å². The lowest BCUT2D eigenvalue weighted by Gasteiger charge is -2.11. The summed E-state index contributed by atoms with van der Waals surface area (Å²) in [7, 11) is 0. The fourth-order valence-corrected chi connectivity index (χ4v) is 3.66. The van der Waals surface area contributed by atoms with Crippen LogP contribution >= 0.6 is 0 Å². The highest BCUT2D eigenvalue weighted by Gasteiger charge is 2.08. The van der Waals surface area contributed by atoms with E-state index >= 15 is 0 Å². The van der Waals surface area contributed by atoms with Crippen LogP contribution in [0.25, 0.3) is 10.8 Å². The van der Waals surface area contributed by atoms with E-state index < -0.39 is 0 Å². The van der Waals surface area contributed by atoms with Crippen LogP contribution in [0.1, 0.15) is 16.1 Å². The number of anilines is 5. The van der Waals surface area contributed by atoms with E-state index in [0.29, 0.717) is 23.0 Å². The first-order valence-electron chi connectivity index (χ1n) is 11.0. The van der Waals surface area contributed by atoms with Gasteiger partial charge >= 0.3 is 0 Å². The van der Waals surface area contributed by atoms with Crippen LogP contribution in [0.4, 0.5) is 28.8 Å². The molecule has 4 aromatic carbocycles. The van der Waals surface area contributed by atoms with Gasteiger partial charge in [0.2, 0.25) is 5.95 Å². The van der Waals surface area contributed by atoms with Gasteiger partial charge in [-0.3, -0.25) is 4.79 Å². The fourth-order valence-electron chi connectivity index (χ4n) is 3.66. The van der Waals surface area contributed by atoms with Crippen molar-refractivity contribution in [3.63, 3.8) is 0 Å². The summed E-state index contributed by atoms with van der Waals surface area (Å²) in [6.45, 7) is 1.93. The second-order valence-electron chi connectivity index (χ2n) is 7.93. The van der Waals surface area contributed by atoms with Crippen molar-refractivity contribution < 1.29 is 4.79 Å². The first kappa shape index (κ1) is 21.2. The topological polar surface area (TPSA) is 78.9 Å². The lowest BCUT2D eigenvalue weighted by atomic mass is 10.1. The van der Waals surface area contributed by atoms with Gasteiger partial charge in [-0.05, 0) is 66.2 Å². The molecule has 5 aromatic rings. The number of para-hydroxylation sites is 1. The summed E-state index contributed by atoms with van der Waals surface area (Å²) in [5.41, 5.74) is 3.95. The molecular weight excluding hydrogens is 422 g/mol. The van der Waals surface area contributed by atoms with E-state index in [-0.39, 0.29) is 5.91 Å². The minimum atomic E-state index is -0.148. The molecule has 0 unspecified atom stereocenters. The Hall–Kier alpha value is -4.71. The zero-order valence-corrected chi connectivity index (χ0v) is 18.6. The Labute approximate surface area is 197 Å². The molecule has 0 aliphatic rings. The first-order chi connectivity index (χ1) is 16.6. The van der Waals surface area contributed by atoms with Crippen molar-refractivity contribution in [1.82, 2.24) is 9.97 Å². The van der Waals surface area contributed by atoms with Crippen LogP contribution in [-0.4, -0.2) is 15.9 Å². The molecule has 0 aliphatic heterocycles. The van der Waals surface area contributed by atoms with Gasteiger partial charge in [0.15, 0.2) is 0 Å². The number of nitrogens with zero attached hydrogens (tertiary/aromatic N) is 2. The molecule has 0 aliphatic carbocycles. The minimum Gasteiger partial charge on any atom is -0.340 e. The lowest BCUT2D eigenvalue weighted by Crippen LogP contribution is -2.11. The van der Waals surface area contributed by atoms with E-state index in [0.717, 1.165) is 27.8 Å². The Kier molecular flexibility index (Phi) is 5.86.